The number of halogens is 1. The lowest BCUT2D eigenvalue weighted by Gasteiger charge is -2.18. The first kappa shape index (κ1) is 14.8. The van der Waals surface area contributed by atoms with Crippen LogP contribution in [0.5, 0.6) is 0 Å². The normalized spacial score (nSPS) is 10.2. The van der Waals surface area contributed by atoms with Crippen molar-refractivity contribution < 1.29 is 4.79 Å². The van der Waals surface area contributed by atoms with Crippen molar-refractivity contribution in [3.05, 3.63) is 28.8 Å². The maximum absolute atomic E-state index is 11.8. The highest BCUT2D eigenvalue weighted by Gasteiger charge is 2.08. The van der Waals surface area contributed by atoms with Gasteiger partial charge in [-0.3, -0.25) is 4.79 Å². The highest BCUT2D eigenvalue weighted by atomic mass is 35.5. The molecule has 0 heterocycles. The minimum atomic E-state index is 0.186. The lowest BCUT2D eigenvalue weighted by atomic mass is 10.2. The number of carbonyl (C=O) groups excluding carboxylic acids is 1. The van der Waals surface area contributed by atoms with E-state index in [0.717, 1.165) is 29.4 Å². The topological polar surface area (TPSA) is 32.3 Å². The van der Waals surface area contributed by atoms with Crippen molar-refractivity contribution in [1.29, 1.82) is 0 Å². The van der Waals surface area contributed by atoms with Gasteiger partial charge in [0.1, 0.15) is 0 Å². The number of amides is 1. The Kier molecular flexibility index (Phi) is 5.99. The van der Waals surface area contributed by atoms with Crippen LogP contribution < -0.4 is 5.32 Å². The molecule has 1 rings (SSSR count). The van der Waals surface area contributed by atoms with Crippen molar-refractivity contribution in [2.45, 2.75) is 27.2 Å². The first-order valence-electron chi connectivity index (χ1n) is 6.36. The van der Waals surface area contributed by atoms with Crippen LogP contribution in [0.1, 0.15) is 25.8 Å². The molecule has 0 aliphatic heterocycles. The molecule has 0 saturated carbocycles. The third kappa shape index (κ3) is 4.22. The van der Waals surface area contributed by atoms with Crippen molar-refractivity contribution in [3.63, 3.8) is 0 Å². The van der Waals surface area contributed by atoms with Crippen molar-refractivity contribution in [2.24, 2.45) is 0 Å². The molecule has 1 aromatic carbocycles. The summed E-state index contributed by atoms with van der Waals surface area (Å²) in [7, 11) is 0. The van der Waals surface area contributed by atoms with E-state index < -0.39 is 0 Å². The van der Waals surface area contributed by atoms with Gasteiger partial charge in [-0.2, -0.15) is 0 Å². The zero-order valence-corrected chi connectivity index (χ0v) is 12.0. The molecule has 0 radical (unpaired) electrons. The van der Waals surface area contributed by atoms with Crippen molar-refractivity contribution >= 4 is 23.2 Å². The number of carbonyl (C=O) groups is 1. The maximum atomic E-state index is 11.8. The molecule has 100 valence electrons. The molecule has 0 spiro atoms. The molecule has 1 aromatic rings. The summed E-state index contributed by atoms with van der Waals surface area (Å²) in [4.78, 5) is 13.6. The van der Waals surface area contributed by atoms with Crippen LogP contribution in [0.2, 0.25) is 5.02 Å². The Bertz CT molecular complexity index is 403. The van der Waals surface area contributed by atoms with Gasteiger partial charge in [0.25, 0.3) is 0 Å². The van der Waals surface area contributed by atoms with Gasteiger partial charge in [0, 0.05) is 36.8 Å². The number of benzene rings is 1. The zero-order valence-electron chi connectivity index (χ0n) is 11.3. The van der Waals surface area contributed by atoms with Gasteiger partial charge in [-0.05, 0) is 38.5 Å². The molecule has 0 atom stereocenters. The molecular weight excluding hydrogens is 248 g/mol. The highest BCUT2D eigenvalue weighted by Crippen LogP contribution is 2.19. The fourth-order valence-electron chi connectivity index (χ4n) is 1.75. The molecule has 4 heteroatoms. The number of nitrogens with zero attached hydrogens (tertiary/aromatic N) is 1. The minimum Gasteiger partial charge on any atom is -0.384 e. The van der Waals surface area contributed by atoms with Crippen molar-refractivity contribution in [1.82, 2.24) is 4.90 Å². The Balaban J connectivity index is 2.41. The zero-order chi connectivity index (χ0) is 13.5. The van der Waals surface area contributed by atoms with E-state index >= 15 is 0 Å². The second-order valence-corrected chi connectivity index (χ2v) is 4.61. The lowest BCUT2D eigenvalue weighted by molar-refractivity contribution is -0.130. The third-order valence-electron chi connectivity index (χ3n) is 2.96. The maximum Gasteiger partial charge on any atom is 0.224 e. The number of hydrogen-bond acceptors (Lipinski definition) is 2. The van der Waals surface area contributed by atoms with Crippen LogP contribution in [0, 0.1) is 6.92 Å². The van der Waals surface area contributed by atoms with Gasteiger partial charge < -0.3 is 10.2 Å². The minimum absolute atomic E-state index is 0.186. The second-order valence-electron chi connectivity index (χ2n) is 4.21. The van der Waals surface area contributed by atoms with Crippen LogP contribution in [0.15, 0.2) is 18.2 Å². The van der Waals surface area contributed by atoms with E-state index in [1.807, 2.05) is 43.9 Å². The van der Waals surface area contributed by atoms with Gasteiger partial charge in [-0.1, -0.05) is 17.7 Å². The molecular formula is C14H21ClN2O. The largest absolute Gasteiger partial charge is 0.384 e. The van der Waals surface area contributed by atoms with E-state index in [2.05, 4.69) is 5.32 Å². The molecule has 0 fully saturated rings. The van der Waals surface area contributed by atoms with E-state index in [9.17, 15) is 4.79 Å². The third-order valence-corrected chi connectivity index (χ3v) is 3.36. The summed E-state index contributed by atoms with van der Waals surface area (Å²) >= 11 is 6.04. The van der Waals surface area contributed by atoms with Crippen LogP contribution in [0.4, 0.5) is 5.69 Å². The van der Waals surface area contributed by atoms with Gasteiger partial charge >= 0.3 is 0 Å². The van der Waals surface area contributed by atoms with E-state index in [1.165, 1.54) is 0 Å². The Morgan fingerprint density at radius 3 is 2.56 bits per heavy atom. The highest BCUT2D eigenvalue weighted by molar-refractivity contribution is 6.31. The predicted molar refractivity (Wildman–Crippen MR) is 77.2 cm³/mol. The number of nitrogens with one attached hydrogen (secondary N) is 1. The van der Waals surface area contributed by atoms with E-state index in [4.69, 9.17) is 11.6 Å². The van der Waals surface area contributed by atoms with Crippen LogP contribution >= 0.6 is 11.6 Å². The number of anilines is 1. The summed E-state index contributed by atoms with van der Waals surface area (Å²) in [6.45, 7) is 8.13. The summed E-state index contributed by atoms with van der Waals surface area (Å²) in [5.41, 5.74) is 2.01. The molecule has 1 N–H and O–H groups in total. The van der Waals surface area contributed by atoms with E-state index in [0.29, 0.717) is 13.0 Å². The number of rotatable bonds is 6. The molecule has 0 bridgehead atoms. The average Bonchev–Trinajstić information content (AvgIpc) is 2.35. The van der Waals surface area contributed by atoms with Crippen LogP contribution in [0.3, 0.4) is 0 Å². The van der Waals surface area contributed by atoms with Crippen LogP contribution in [-0.4, -0.2) is 30.4 Å². The summed E-state index contributed by atoms with van der Waals surface area (Å²) in [5.74, 6) is 0.186. The second kappa shape index (κ2) is 7.27. The van der Waals surface area contributed by atoms with Gasteiger partial charge in [-0.25, -0.2) is 0 Å². The molecule has 1 amide bonds. The van der Waals surface area contributed by atoms with Crippen molar-refractivity contribution in [3.8, 4) is 0 Å². The summed E-state index contributed by atoms with van der Waals surface area (Å²) < 4.78 is 0. The Morgan fingerprint density at radius 2 is 2.00 bits per heavy atom. The van der Waals surface area contributed by atoms with Crippen molar-refractivity contribution in [2.75, 3.05) is 25.0 Å². The number of hydrogen-bond donors (Lipinski definition) is 1. The quantitative estimate of drug-likeness (QED) is 0.858. The molecule has 0 saturated heterocycles. The molecule has 18 heavy (non-hydrogen) atoms. The Labute approximate surface area is 114 Å². The first-order valence-corrected chi connectivity index (χ1v) is 6.74. The number of aryl methyl sites for hydroxylation is 1. The first-order chi connectivity index (χ1) is 8.58. The summed E-state index contributed by atoms with van der Waals surface area (Å²) in [5, 5.41) is 3.96. The Hall–Kier alpha value is -1.22. The van der Waals surface area contributed by atoms with Crippen LogP contribution in [-0.2, 0) is 4.79 Å². The molecule has 0 unspecified atom stereocenters. The molecule has 0 aliphatic rings. The van der Waals surface area contributed by atoms with E-state index in [1.54, 1.807) is 0 Å². The smallest absolute Gasteiger partial charge is 0.224 e. The monoisotopic (exact) mass is 268 g/mol. The van der Waals surface area contributed by atoms with Gasteiger partial charge in [0.2, 0.25) is 5.91 Å². The standard InChI is InChI=1S/C14H21ClN2O/c1-4-17(5-2)14(18)8-9-16-12-7-6-11(3)13(15)10-12/h6-7,10,16H,4-5,8-9H2,1-3H3. The average molecular weight is 269 g/mol. The fourth-order valence-corrected chi connectivity index (χ4v) is 1.93. The summed E-state index contributed by atoms with van der Waals surface area (Å²) in [6, 6.07) is 5.83. The van der Waals surface area contributed by atoms with Gasteiger partial charge in [0.15, 0.2) is 0 Å². The lowest BCUT2D eigenvalue weighted by Crippen LogP contribution is -2.31. The SMILES string of the molecule is CCN(CC)C(=O)CCNc1ccc(C)c(Cl)c1. The predicted octanol–water partition coefficient (Wildman–Crippen LogP) is 3.32. The Morgan fingerprint density at radius 1 is 1.33 bits per heavy atom. The molecule has 0 aromatic heterocycles. The van der Waals surface area contributed by atoms with Crippen LogP contribution in [0.25, 0.3) is 0 Å². The molecule has 3 nitrogen and oxygen atoms in total. The van der Waals surface area contributed by atoms with Gasteiger partial charge in [-0.15, -0.1) is 0 Å². The van der Waals surface area contributed by atoms with E-state index in [-0.39, 0.29) is 5.91 Å². The fraction of sp³-hybridized carbons (Fsp3) is 0.500. The van der Waals surface area contributed by atoms with Gasteiger partial charge in [0.05, 0.1) is 0 Å². The summed E-state index contributed by atoms with van der Waals surface area (Å²) in [6.07, 6.45) is 0.507. The molecule has 0 aliphatic carbocycles.